The third kappa shape index (κ3) is 3.22. The summed E-state index contributed by atoms with van der Waals surface area (Å²) in [6.07, 6.45) is -0.999. The summed E-state index contributed by atoms with van der Waals surface area (Å²) in [5, 5.41) is 24.9. The maximum Gasteiger partial charge on any atom is 0.133 e. The summed E-state index contributed by atoms with van der Waals surface area (Å²) in [4.78, 5) is 0. The Kier molecular flexibility index (Phi) is 3.91. The highest BCUT2D eigenvalue weighted by Crippen LogP contribution is 1.99. The smallest absolute Gasteiger partial charge is 0.133 e. The van der Waals surface area contributed by atoms with Gasteiger partial charge < -0.3 is 15.3 Å². The Morgan fingerprint density at radius 3 is 1.86 bits per heavy atom. The van der Waals surface area contributed by atoms with Gasteiger partial charge in [0.2, 0.25) is 0 Å². The first kappa shape index (κ1) is 7.61. The van der Waals surface area contributed by atoms with Gasteiger partial charge in [0.25, 0.3) is 0 Å². The van der Waals surface area contributed by atoms with Crippen molar-refractivity contribution in [3.05, 3.63) is 0 Å². The van der Waals surface area contributed by atoms with Gasteiger partial charge in [-0.3, -0.25) is 0 Å². The average molecular weight is 218 g/mol. The van der Waals surface area contributed by atoms with Gasteiger partial charge in [0.15, 0.2) is 0 Å². The lowest BCUT2D eigenvalue weighted by Gasteiger charge is -2.05. The van der Waals surface area contributed by atoms with Gasteiger partial charge in [-0.2, -0.15) is 0 Å². The van der Waals surface area contributed by atoms with Crippen LogP contribution in [0.4, 0.5) is 0 Å². The van der Waals surface area contributed by atoms with Gasteiger partial charge in [0, 0.05) is 0 Å². The van der Waals surface area contributed by atoms with Crippen molar-refractivity contribution in [2.75, 3.05) is 6.61 Å². The third-order valence-corrected chi connectivity index (χ3v) is 1.33. The third-order valence-electron chi connectivity index (χ3n) is 0.505. The number of rotatable bonds is 2. The molecule has 0 radical (unpaired) electrons. The van der Waals surface area contributed by atoms with E-state index in [2.05, 4.69) is 0 Å². The topological polar surface area (TPSA) is 60.7 Å². The molecule has 0 saturated carbocycles. The molecule has 0 fully saturated rings. The number of halogens is 1. The summed E-state index contributed by atoms with van der Waals surface area (Å²) < 4.78 is -0.859. The summed E-state index contributed by atoms with van der Waals surface area (Å²) in [5.74, 6) is 0. The van der Waals surface area contributed by atoms with Crippen LogP contribution in [0.1, 0.15) is 0 Å². The molecule has 4 heteroatoms. The Morgan fingerprint density at radius 2 is 1.86 bits per heavy atom. The molecule has 0 amide bonds. The lowest BCUT2D eigenvalue weighted by atomic mass is 10.4. The minimum absolute atomic E-state index is 0.385. The summed E-state index contributed by atoms with van der Waals surface area (Å²) in [6.45, 7) is -0.385. The van der Waals surface area contributed by atoms with Crippen molar-refractivity contribution in [2.24, 2.45) is 0 Å². The zero-order valence-electron chi connectivity index (χ0n) is 3.58. The van der Waals surface area contributed by atoms with E-state index in [1.807, 2.05) is 0 Å². The Hall–Kier alpha value is 0.610. The van der Waals surface area contributed by atoms with Crippen LogP contribution < -0.4 is 0 Å². The van der Waals surface area contributed by atoms with E-state index in [1.165, 1.54) is 0 Å². The van der Waals surface area contributed by atoms with Gasteiger partial charge in [-0.15, -0.1) is 0 Å². The van der Waals surface area contributed by atoms with Crippen molar-refractivity contribution in [1.29, 1.82) is 0 Å². The largest absolute Gasteiger partial charge is 0.394 e. The highest BCUT2D eigenvalue weighted by atomic mass is 127. The second kappa shape index (κ2) is 3.59. The molecule has 0 aromatic rings. The fourth-order valence-corrected chi connectivity index (χ4v) is 0.314. The molecular weight excluding hydrogens is 211 g/mol. The van der Waals surface area contributed by atoms with Crippen molar-refractivity contribution in [1.82, 2.24) is 0 Å². The summed E-state index contributed by atoms with van der Waals surface area (Å²) in [7, 11) is 0. The number of alkyl halides is 1. The number of aliphatic hydroxyl groups excluding tert-OH is 3. The second-order valence-corrected chi connectivity index (χ2v) is 2.40. The lowest BCUT2D eigenvalue weighted by molar-refractivity contribution is 0.0358. The maximum absolute atomic E-state index is 8.43. The molecule has 0 aromatic heterocycles. The lowest BCUT2D eigenvalue weighted by Crippen LogP contribution is -2.23. The fraction of sp³-hybridized carbons (Fsp3) is 1.00. The van der Waals surface area contributed by atoms with Crippen LogP contribution in [0.2, 0.25) is 0 Å². The number of hydrogen-bond donors (Lipinski definition) is 3. The van der Waals surface area contributed by atoms with E-state index in [0.29, 0.717) is 0 Å². The van der Waals surface area contributed by atoms with Gasteiger partial charge in [-0.25, -0.2) is 0 Å². The molecule has 0 aliphatic carbocycles. The van der Waals surface area contributed by atoms with E-state index in [9.17, 15) is 0 Å². The van der Waals surface area contributed by atoms with Crippen molar-refractivity contribution >= 4 is 22.6 Å². The molecule has 2 unspecified atom stereocenters. The van der Waals surface area contributed by atoms with E-state index in [1.54, 1.807) is 22.6 Å². The van der Waals surface area contributed by atoms with Crippen LogP contribution in [0, 0.1) is 0 Å². The first-order valence-corrected chi connectivity index (χ1v) is 3.04. The predicted octanol–water partition coefficient (Wildman–Crippen LogP) is -0.907. The molecule has 0 aromatic carbocycles. The molecule has 7 heavy (non-hydrogen) atoms. The van der Waals surface area contributed by atoms with Crippen LogP contribution in [0.15, 0.2) is 0 Å². The van der Waals surface area contributed by atoms with Gasteiger partial charge >= 0.3 is 0 Å². The van der Waals surface area contributed by atoms with Crippen LogP contribution >= 0.6 is 22.6 Å². The Balaban J connectivity index is 3.14. The minimum Gasteiger partial charge on any atom is -0.394 e. The monoisotopic (exact) mass is 218 g/mol. The number of hydrogen-bond acceptors (Lipinski definition) is 3. The van der Waals surface area contributed by atoms with Crippen molar-refractivity contribution < 1.29 is 15.3 Å². The van der Waals surface area contributed by atoms with E-state index >= 15 is 0 Å². The molecule has 0 saturated heterocycles. The fourth-order valence-electron chi connectivity index (χ4n) is 0.0870. The van der Waals surface area contributed by atoms with E-state index in [0.717, 1.165) is 0 Å². The van der Waals surface area contributed by atoms with Crippen LogP contribution in [0.3, 0.4) is 0 Å². The number of aliphatic hydroxyl groups is 3. The van der Waals surface area contributed by atoms with E-state index in [-0.39, 0.29) is 6.61 Å². The van der Waals surface area contributed by atoms with Crippen molar-refractivity contribution in [3.8, 4) is 0 Å². The molecule has 3 nitrogen and oxygen atoms in total. The Bertz CT molecular complexity index is 47.4. The summed E-state index contributed by atoms with van der Waals surface area (Å²) in [5.41, 5.74) is 0. The predicted molar refractivity (Wildman–Crippen MR) is 33.1 cm³/mol. The molecule has 0 spiro atoms. The molecule has 2 atom stereocenters. The average Bonchev–Trinajstić information content (AvgIpc) is 1.65. The van der Waals surface area contributed by atoms with Crippen LogP contribution in [-0.4, -0.2) is 32.1 Å². The maximum atomic E-state index is 8.43. The zero-order valence-corrected chi connectivity index (χ0v) is 5.74. The standard InChI is InChI=1S/C3H7IO3/c4-3(7)2(6)1-5/h2-3,5-7H,1H2. The second-order valence-electron chi connectivity index (χ2n) is 1.12. The van der Waals surface area contributed by atoms with Crippen LogP contribution in [0.25, 0.3) is 0 Å². The van der Waals surface area contributed by atoms with Crippen molar-refractivity contribution in [2.45, 2.75) is 10.2 Å². The normalized spacial score (nSPS) is 18.9. The first-order valence-electron chi connectivity index (χ1n) is 1.79. The Morgan fingerprint density at radius 1 is 1.43 bits per heavy atom. The van der Waals surface area contributed by atoms with Crippen molar-refractivity contribution in [3.63, 3.8) is 0 Å². The molecule has 0 heterocycles. The molecule has 0 rings (SSSR count). The highest BCUT2D eigenvalue weighted by molar-refractivity contribution is 14.1. The quantitative estimate of drug-likeness (QED) is 0.415. The van der Waals surface area contributed by atoms with Gasteiger partial charge in [-0.05, 0) is 22.6 Å². The van der Waals surface area contributed by atoms with Gasteiger partial charge in [-0.1, -0.05) is 0 Å². The molecular formula is C3H7IO3. The van der Waals surface area contributed by atoms with E-state index in [4.69, 9.17) is 15.3 Å². The van der Waals surface area contributed by atoms with Gasteiger partial charge in [0.05, 0.1) is 6.61 Å². The SMILES string of the molecule is OCC(O)C(O)I. The van der Waals surface area contributed by atoms with Crippen LogP contribution in [0.5, 0.6) is 0 Å². The Labute approximate surface area is 55.1 Å². The molecule has 3 N–H and O–H groups in total. The first-order chi connectivity index (χ1) is 3.18. The minimum atomic E-state index is -0.999. The zero-order chi connectivity index (χ0) is 5.86. The molecule has 44 valence electrons. The summed E-state index contributed by atoms with van der Waals surface area (Å²) >= 11 is 1.61. The van der Waals surface area contributed by atoms with Crippen LogP contribution in [-0.2, 0) is 0 Å². The van der Waals surface area contributed by atoms with Gasteiger partial charge in [0.1, 0.15) is 10.2 Å². The molecule has 0 aliphatic rings. The summed E-state index contributed by atoms with van der Waals surface area (Å²) in [6, 6.07) is 0. The highest BCUT2D eigenvalue weighted by Gasteiger charge is 2.08. The van der Waals surface area contributed by atoms with E-state index < -0.39 is 10.2 Å². The molecule has 0 aliphatic heterocycles. The molecule has 0 bridgehead atoms.